The second-order valence-electron chi connectivity index (χ2n) is 6.27. The summed E-state index contributed by atoms with van der Waals surface area (Å²) < 4.78 is 0. The maximum Gasteiger partial charge on any atom is 0.0233 e. The zero-order valence-corrected chi connectivity index (χ0v) is 14.7. The van der Waals surface area contributed by atoms with Crippen LogP contribution < -0.4 is 11.1 Å². The van der Waals surface area contributed by atoms with Crippen LogP contribution in [0.1, 0.15) is 30.4 Å². The molecule has 0 bridgehead atoms. The fourth-order valence-electron chi connectivity index (χ4n) is 2.84. The predicted octanol–water partition coefficient (Wildman–Crippen LogP) is 3.41. The number of hydrogen-bond acceptors (Lipinski definition) is 3. The summed E-state index contributed by atoms with van der Waals surface area (Å²) in [5, 5.41) is 3.53. The average molecular weight is 326 g/mol. The molecule has 0 aromatic heterocycles. The quantitative estimate of drug-likeness (QED) is 0.588. The summed E-state index contributed by atoms with van der Waals surface area (Å²) in [5.41, 5.74) is 8.42. The van der Waals surface area contributed by atoms with Gasteiger partial charge in [0.1, 0.15) is 0 Å². The smallest absolute Gasteiger partial charge is 0.0233 e. The van der Waals surface area contributed by atoms with Crippen LogP contribution in [0.2, 0.25) is 0 Å². The average Bonchev–Trinajstić information content (AvgIpc) is 2.64. The van der Waals surface area contributed by atoms with Gasteiger partial charge in [-0.05, 0) is 56.6 Å². The van der Waals surface area contributed by atoms with Gasteiger partial charge in [-0.15, -0.1) is 0 Å². The molecule has 0 aliphatic rings. The van der Waals surface area contributed by atoms with Crippen molar-refractivity contribution >= 4 is 0 Å². The minimum Gasteiger partial charge on any atom is -0.330 e. The molecule has 0 unspecified atom stereocenters. The highest BCUT2D eigenvalue weighted by Crippen LogP contribution is 2.06. The van der Waals surface area contributed by atoms with Gasteiger partial charge in [-0.2, -0.15) is 0 Å². The molecule has 0 amide bonds. The predicted molar refractivity (Wildman–Crippen MR) is 103 cm³/mol. The van der Waals surface area contributed by atoms with E-state index in [-0.39, 0.29) is 0 Å². The number of unbranched alkanes of at least 4 members (excludes halogenated alkanes) is 1. The fraction of sp³-hybridized carbons (Fsp3) is 0.429. The number of benzene rings is 2. The molecule has 0 radical (unpaired) electrons. The molecule has 0 heterocycles. The highest BCUT2D eigenvalue weighted by Gasteiger charge is 2.05. The van der Waals surface area contributed by atoms with Crippen molar-refractivity contribution in [1.82, 2.24) is 10.2 Å². The molecule has 0 atom stereocenters. The Labute approximate surface area is 146 Å². The molecule has 2 aromatic carbocycles. The zero-order chi connectivity index (χ0) is 16.9. The van der Waals surface area contributed by atoms with Crippen LogP contribution in [0, 0.1) is 0 Å². The van der Waals surface area contributed by atoms with Gasteiger partial charge in [0.25, 0.3) is 0 Å². The summed E-state index contributed by atoms with van der Waals surface area (Å²) in [4.78, 5) is 2.53. The van der Waals surface area contributed by atoms with Gasteiger partial charge in [-0.3, -0.25) is 4.90 Å². The SMILES string of the molecule is NCCCN(CCCCNCc1ccccc1)Cc1ccccc1. The molecule has 24 heavy (non-hydrogen) atoms. The molecule has 2 aromatic rings. The van der Waals surface area contributed by atoms with Crippen molar-refractivity contribution in [2.45, 2.75) is 32.4 Å². The van der Waals surface area contributed by atoms with Crippen molar-refractivity contribution in [3.05, 3.63) is 71.8 Å². The van der Waals surface area contributed by atoms with Crippen LogP contribution in [0.5, 0.6) is 0 Å². The lowest BCUT2D eigenvalue weighted by Crippen LogP contribution is -2.27. The van der Waals surface area contributed by atoms with Gasteiger partial charge >= 0.3 is 0 Å². The third-order valence-corrected chi connectivity index (χ3v) is 4.18. The van der Waals surface area contributed by atoms with Crippen molar-refractivity contribution in [3.63, 3.8) is 0 Å². The van der Waals surface area contributed by atoms with Crippen molar-refractivity contribution in [3.8, 4) is 0 Å². The van der Waals surface area contributed by atoms with Crippen molar-refractivity contribution in [2.24, 2.45) is 5.73 Å². The Morgan fingerprint density at radius 1 is 0.750 bits per heavy atom. The minimum atomic E-state index is 0.768. The molecule has 0 saturated heterocycles. The summed E-state index contributed by atoms with van der Waals surface area (Å²) in [7, 11) is 0. The molecule has 3 N–H and O–H groups in total. The van der Waals surface area contributed by atoms with Crippen LogP contribution in [0.3, 0.4) is 0 Å². The van der Waals surface area contributed by atoms with E-state index in [9.17, 15) is 0 Å². The third kappa shape index (κ3) is 7.73. The summed E-state index contributed by atoms with van der Waals surface area (Å²) in [5.74, 6) is 0. The van der Waals surface area contributed by atoms with Gasteiger partial charge in [-0.1, -0.05) is 60.7 Å². The van der Waals surface area contributed by atoms with Crippen LogP contribution >= 0.6 is 0 Å². The van der Waals surface area contributed by atoms with E-state index in [1.807, 2.05) is 0 Å². The standard InChI is InChI=1S/C21H31N3/c22-14-9-17-24(19-21-12-5-2-6-13-21)16-8-7-15-23-18-20-10-3-1-4-11-20/h1-6,10-13,23H,7-9,14-19,22H2. The highest BCUT2D eigenvalue weighted by atomic mass is 15.1. The first-order valence-corrected chi connectivity index (χ1v) is 9.09. The molecule has 0 aliphatic heterocycles. The number of hydrogen-bond donors (Lipinski definition) is 2. The maximum atomic E-state index is 5.68. The third-order valence-electron chi connectivity index (χ3n) is 4.18. The summed E-state index contributed by atoms with van der Waals surface area (Å²) in [6.07, 6.45) is 3.50. The van der Waals surface area contributed by atoms with Crippen LogP contribution in [-0.4, -0.2) is 31.1 Å². The Kier molecular flexibility index (Phi) is 9.17. The first-order valence-electron chi connectivity index (χ1n) is 9.09. The number of nitrogens with zero attached hydrogens (tertiary/aromatic N) is 1. The van der Waals surface area contributed by atoms with Crippen LogP contribution in [0.15, 0.2) is 60.7 Å². The summed E-state index contributed by atoms with van der Waals surface area (Å²) >= 11 is 0. The van der Waals surface area contributed by atoms with E-state index in [0.29, 0.717) is 0 Å². The van der Waals surface area contributed by atoms with E-state index < -0.39 is 0 Å². The topological polar surface area (TPSA) is 41.3 Å². The van der Waals surface area contributed by atoms with E-state index in [2.05, 4.69) is 70.9 Å². The molecule has 0 saturated carbocycles. The molecule has 2 rings (SSSR count). The maximum absolute atomic E-state index is 5.68. The van der Waals surface area contributed by atoms with E-state index in [1.54, 1.807) is 0 Å². The van der Waals surface area contributed by atoms with Gasteiger partial charge in [0, 0.05) is 13.1 Å². The molecule has 3 heteroatoms. The zero-order valence-electron chi connectivity index (χ0n) is 14.7. The Morgan fingerprint density at radius 3 is 2.04 bits per heavy atom. The summed E-state index contributed by atoms with van der Waals surface area (Å²) in [6, 6.07) is 21.3. The lowest BCUT2D eigenvalue weighted by Gasteiger charge is -2.22. The molecular weight excluding hydrogens is 294 g/mol. The second-order valence-corrected chi connectivity index (χ2v) is 6.27. The van der Waals surface area contributed by atoms with Gasteiger partial charge in [0.2, 0.25) is 0 Å². The molecule has 0 fully saturated rings. The van der Waals surface area contributed by atoms with Crippen LogP contribution in [0.4, 0.5) is 0 Å². The van der Waals surface area contributed by atoms with Crippen molar-refractivity contribution in [2.75, 3.05) is 26.2 Å². The molecule has 0 spiro atoms. The molecule has 3 nitrogen and oxygen atoms in total. The largest absolute Gasteiger partial charge is 0.330 e. The van der Waals surface area contributed by atoms with E-state index in [1.165, 1.54) is 24.0 Å². The van der Waals surface area contributed by atoms with Crippen molar-refractivity contribution in [1.29, 1.82) is 0 Å². The van der Waals surface area contributed by atoms with Gasteiger partial charge < -0.3 is 11.1 Å². The normalized spacial score (nSPS) is 11.1. The Hall–Kier alpha value is -1.68. The van der Waals surface area contributed by atoms with E-state index in [4.69, 9.17) is 5.73 Å². The van der Waals surface area contributed by atoms with Crippen LogP contribution in [-0.2, 0) is 13.1 Å². The number of rotatable bonds is 12. The Morgan fingerprint density at radius 2 is 1.38 bits per heavy atom. The molecule has 130 valence electrons. The van der Waals surface area contributed by atoms with E-state index in [0.717, 1.165) is 45.7 Å². The monoisotopic (exact) mass is 325 g/mol. The fourth-order valence-corrected chi connectivity index (χ4v) is 2.84. The van der Waals surface area contributed by atoms with Crippen LogP contribution in [0.25, 0.3) is 0 Å². The summed E-state index contributed by atoms with van der Waals surface area (Å²) in [6.45, 7) is 6.06. The number of nitrogens with one attached hydrogen (secondary N) is 1. The Bertz CT molecular complexity index is 527. The molecular formula is C21H31N3. The first kappa shape index (κ1) is 18.7. The number of nitrogens with two attached hydrogens (primary N) is 1. The first-order chi connectivity index (χ1) is 11.9. The van der Waals surface area contributed by atoms with E-state index >= 15 is 0 Å². The highest BCUT2D eigenvalue weighted by molar-refractivity contribution is 5.15. The lowest BCUT2D eigenvalue weighted by atomic mass is 10.2. The van der Waals surface area contributed by atoms with Gasteiger partial charge in [0.15, 0.2) is 0 Å². The van der Waals surface area contributed by atoms with Crippen molar-refractivity contribution < 1.29 is 0 Å². The van der Waals surface area contributed by atoms with Gasteiger partial charge in [-0.25, -0.2) is 0 Å². The minimum absolute atomic E-state index is 0.768. The molecule has 0 aliphatic carbocycles. The van der Waals surface area contributed by atoms with Gasteiger partial charge in [0.05, 0.1) is 0 Å². The Balaban J connectivity index is 1.63. The second kappa shape index (κ2) is 11.8. The lowest BCUT2D eigenvalue weighted by molar-refractivity contribution is 0.257.